The normalized spacial score (nSPS) is 16.8. The van der Waals surface area contributed by atoms with Gasteiger partial charge in [-0.1, -0.05) is 23.2 Å². The van der Waals surface area contributed by atoms with Crippen LogP contribution in [0.4, 0.5) is 0 Å². The van der Waals surface area contributed by atoms with E-state index in [2.05, 4.69) is 5.32 Å². The summed E-state index contributed by atoms with van der Waals surface area (Å²) in [7, 11) is -2.39. The van der Waals surface area contributed by atoms with E-state index in [1.165, 1.54) is 31.3 Å². The van der Waals surface area contributed by atoms with Crippen LogP contribution < -0.4 is 5.32 Å². The number of carbonyl (C=O) groups excluding carboxylic acids is 1. The number of amides is 1. The Hall–Kier alpha value is -1.25. The van der Waals surface area contributed by atoms with Gasteiger partial charge in [-0.2, -0.15) is 4.31 Å². The number of thioether (sulfide) groups is 1. The maximum Gasteiger partial charge on any atom is 0.243 e. The summed E-state index contributed by atoms with van der Waals surface area (Å²) in [5.74, 6) is 0.510. The number of fused-ring (bicyclic) bond motifs is 1. The Labute approximate surface area is 173 Å². The van der Waals surface area contributed by atoms with Gasteiger partial charge < -0.3 is 5.32 Å². The van der Waals surface area contributed by atoms with E-state index in [1.807, 2.05) is 18.2 Å². The number of likely N-dealkylation sites (N-methyl/N-ethyl adjacent to an activating group) is 1. The smallest absolute Gasteiger partial charge is 0.243 e. The topological polar surface area (TPSA) is 66.5 Å². The lowest BCUT2D eigenvalue weighted by molar-refractivity contribution is -0.121. The molecule has 1 amide bonds. The van der Waals surface area contributed by atoms with Crippen LogP contribution in [0.2, 0.25) is 10.0 Å². The Morgan fingerprint density at radius 2 is 1.85 bits per heavy atom. The highest BCUT2D eigenvalue weighted by Gasteiger charge is 2.26. The van der Waals surface area contributed by atoms with Gasteiger partial charge in [0.15, 0.2) is 0 Å². The van der Waals surface area contributed by atoms with Gasteiger partial charge in [-0.05, 0) is 54.4 Å². The van der Waals surface area contributed by atoms with Crippen molar-refractivity contribution in [2.75, 3.05) is 19.3 Å². The van der Waals surface area contributed by atoms with Crippen molar-refractivity contribution in [3.63, 3.8) is 0 Å². The van der Waals surface area contributed by atoms with Crippen molar-refractivity contribution in [2.45, 2.75) is 22.3 Å². The fraction of sp³-hybridized carbons (Fsp3) is 0.278. The molecule has 0 saturated heterocycles. The van der Waals surface area contributed by atoms with Crippen LogP contribution in [0.3, 0.4) is 0 Å². The molecule has 27 heavy (non-hydrogen) atoms. The van der Waals surface area contributed by atoms with E-state index in [-0.39, 0.29) is 23.4 Å². The summed E-state index contributed by atoms with van der Waals surface area (Å²) in [4.78, 5) is 13.6. The standard InChI is InChI=1S/C18H18Cl2N2O3S2/c1-22(27(24,25)14-5-2-12(19)3-6-14)11-18(23)21-16-8-9-26-17-7-4-13(20)10-15(16)17/h2-7,10,16H,8-9,11H2,1H3,(H,21,23)/t16-/m0/s1. The molecule has 1 atom stereocenters. The lowest BCUT2D eigenvalue weighted by atomic mass is 10.0. The van der Waals surface area contributed by atoms with E-state index in [0.29, 0.717) is 10.0 Å². The number of carbonyl (C=O) groups is 1. The first-order valence-electron chi connectivity index (χ1n) is 8.21. The van der Waals surface area contributed by atoms with Crippen LogP contribution in [0, 0.1) is 0 Å². The van der Waals surface area contributed by atoms with Crippen LogP contribution in [0.5, 0.6) is 0 Å². The predicted octanol–water partition coefficient (Wildman–Crippen LogP) is 3.97. The average molecular weight is 445 g/mol. The van der Waals surface area contributed by atoms with Gasteiger partial charge in [0, 0.05) is 27.7 Å². The lowest BCUT2D eigenvalue weighted by Crippen LogP contribution is -2.40. The highest BCUT2D eigenvalue weighted by molar-refractivity contribution is 7.99. The zero-order valence-corrected chi connectivity index (χ0v) is 17.6. The minimum Gasteiger partial charge on any atom is -0.348 e. The van der Waals surface area contributed by atoms with Gasteiger partial charge in [0.05, 0.1) is 17.5 Å². The van der Waals surface area contributed by atoms with Crippen molar-refractivity contribution < 1.29 is 13.2 Å². The largest absolute Gasteiger partial charge is 0.348 e. The SMILES string of the molecule is CN(CC(=O)N[C@H]1CCSc2ccc(Cl)cc21)S(=O)(=O)c1ccc(Cl)cc1. The van der Waals surface area contributed by atoms with E-state index in [0.717, 1.165) is 26.9 Å². The fourth-order valence-electron chi connectivity index (χ4n) is 2.83. The van der Waals surface area contributed by atoms with Crippen molar-refractivity contribution in [1.29, 1.82) is 0 Å². The van der Waals surface area contributed by atoms with Crippen LogP contribution in [0.1, 0.15) is 18.0 Å². The molecule has 3 rings (SSSR count). The number of nitrogens with zero attached hydrogens (tertiary/aromatic N) is 1. The minimum absolute atomic E-state index is 0.0911. The Bertz CT molecular complexity index is 950. The highest BCUT2D eigenvalue weighted by Crippen LogP contribution is 2.37. The molecule has 0 bridgehead atoms. The molecule has 0 spiro atoms. The van der Waals surface area contributed by atoms with Crippen molar-refractivity contribution in [1.82, 2.24) is 9.62 Å². The molecule has 9 heteroatoms. The van der Waals surface area contributed by atoms with Crippen LogP contribution >= 0.6 is 35.0 Å². The molecule has 0 aliphatic carbocycles. The fourth-order valence-corrected chi connectivity index (χ4v) is 5.37. The molecular weight excluding hydrogens is 427 g/mol. The molecule has 144 valence electrons. The number of sulfonamides is 1. The summed E-state index contributed by atoms with van der Waals surface area (Å²) in [5.41, 5.74) is 0.968. The molecule has 0 radical (unpaired) electrons. The Morgan fingerprint density at radius 3 is 2.56 bits per heavy atom. The highest BCUT2D eigenvalue weighted by atomic mass is 35.5. The van der Waals surface area contributed by atoms with E-state index < -0.39 is 10.0 Å². The van der Waals surface area contributed by atoms with Crippen molar-refractivity contribution in [3.05, 3.63) is 58.1 Å². The van der Waals surface area contributed by atoms with Gasteiger partial charge >= 0.3 is 0 Å². The van der Waals surface area contributed by atoms with Crippen LogP contribution in [0.15, 0.2) is 52.3 Å². The zero-order valence-electron chi connectivity index (χ0n) is 14.5. The van der Waals surface area contributed by atoms with Crippen molar-refractivity contribution in [3.8, 4) is 0 Å². The van der Waals surface area contributed by atoms with E-state index in [9.17, 15) is 13.2 Å². The molecule has 0 aromatic heterocycles. The summed E-state index contributed by atoms with van der Waals surface area (Å²) in [6.45, 7) is -0.273. The summed E-state index contributed by atoms with van der Waals surface area (Å²) < 4.78 is 26.2. The third-order valence-corrected chi connectivity index (χ3v) is 7.66. The monoisotopic (exact) mass is 444 g/mol. The molecule has 5 nitrogen and oxygen atoms in total. The maximum absolute atomic E-state index is 12.6. The number of rotatable bonds is 5. The van der Waals surface area contributed by atoms with Gasteiger partial charge in [-0.25, -0.2) is 8.42 Å². The molecular formula is C18H18Cl2N2O3S2. The molecule has 1 heterocycles. The van der Waals surface area contributed by atoms with E-state index >= 15 is 0 Å². The van der Waals surface area contributed by atoms with Gasteiger partial charge in [0.25, 0.3) is 0 Å². The molecule has 2 aromatic rings. The zero-order chi connectivity index (χ0) is 19.6. The Kier molecular flexibility index (Phi) is 6.38. The molecule has 2 aromatic carbocycles. The summed E-state index contributed by atoms with van der Waals surface area (Å²) in [6, 6.07) is 11.3. The van der Waals surface area contributed by atoms with Crippen molar-refractivity contribution in [2.24, 2.45) is 0 Å². The number of halogens is 2. The molecule has 0 unspecified atom stereocenters. The number of hydrogen-bond acceptors (Lipinski definition) is 4. The third kappa shape index (κ3) is 4.78. The Morgan fingerprint density at radius 1 is 1.19 bits per heavy atom. The van der Waals surface area contributed by atoms with Gasteiger partial charge in [-0.15, -0.1) is 11.8 Å². The van der Waals surface area contributed by atoms with Crippen LogP contribution in [-0.4, -0.2) is 38.0 Å². The number of nitrogens with one attached hydrogen (secondary N) is 1. The molecule has 0 saturated carbocycles. The second kappa shape index (κ2) is 8.41. The van der Waals surface area contributed by atoms with Gasteiger partial charge in [0.1, 0.15) is 0 Å². The quantitative estimate of drug-likeness (QED) is 0.757. The average Bonchev–Trinajstić information content (AvgIpc) is 2.62. The maximum atomic E-state index is 12.6. The molecule has 1 aliphatic heterocycles. The van der Waals surface area contributed by atoms with Crippen molar-refractivity contribution >= 4 is 50.9 Å². The second-order valence-electron chi connectivity index (χ2n) is 6.15. The summed E-state index contributed by atoms with van der Waals surface area (Å²) >= 11 is 13.6. The number of hydrogen-bond donors (Lipinski definition) is 1. The second-order valence-corrected chi connectivity index (χ2v) is 10.2. The van der Waals surface area contributed by atoms with Crippen LogP contribution in [0.25, 0.3) is 0 Å². The first-order chi connectivity index (χ1) is 12.8. The summed E-state index contributed by atoms with van der Waals surface area (Å²) in [6.07, 6.45) is 0.761. The molecule has 0 fully saturated rings. The summed E-state index contributed by atoms with van der Waals surface area (Å²) in [5, 5.41) is 3.98. The first-order valence-corrected chi connectivity index (χ1v) is 11.4. The first kappa shape index (κ1) is 20.5. The predicted molar refractivity (Wildman–Crippen MR) is 109 cm³/mol. The van der Waals surface area contributed by atoms with Crippen LogP contribution in [-0.2, 0) is 14.8 Å². The van der Waals surface area contributed by atoms with E-state index in [1.54, 1.807) is 11.8 Å². The van der Waals surface area contributed by atoms with E-state index in [4.69, 9.17) is 23.2 Å². The number of benzene rings is 2. The third-order valence-electron chi connectivity index (χ3n) is 4.23. The van der Waals surface area contributed by atoms with Gasteiger partial charge in [-0.3, -0.25) is 4.79 Å². The Balaban J connectivity index is 1.69. The van der Waals surface area contributed by atoms with Gasteiger partial charge in [0.2, 0.25) is 15.9 Å². The lowest BCUT2D eigenvalue weighted by Gasteiger charge is -2.27. The molecule has 1 N–H and O–H groups in total. The molecule has 1 aliphatic rings. The minimum atomic E-state index is -3.77.